The fourth-order valence-electron chi connectivity index (χ4n) is 3.43. The van der Waals surface area contributed by atoms with Crippen molar-refractivity contribution in [3.05, 3.63) is 83.9 Å². The van der Waals surface area contributed by atoms with Gasteiger partial charge in [0.15, 0.2) is 0 Å². The molecule has 30 heavy (non-hydrogen) atoms. The topological polar surface area (TPSA) is 85.4 Å². The summed E-state index contributed by atoms with van der Waals surface area (Å²) in [7, 11) is 0. The molecule has 2 heterocycles. The second-order valence-corrected chi connectivity index (χ2v) is 8.08. The fourth-order valence-corrected chi connectivity index (χ4v) is 4.29. The number of hydrogen-bond acceptors (Lipinski definition) is 5. The number of nitrogens with one attached hydrogen (secondary N) is 1. The third-order valence-electron chi connectivity index (χ3n) is 5.07. The van der Waals surface area contributed by atoms with Crippen molar-refractivity contribution in [2.45, 2.75) is 17.8 Å². The first-order valence-corrected chi connectivity index (χ1v) is 10.6. The summed E-state index contributed by atoms with van der Waals surface area (Å²) in [5.74, 6) is 7.62. The van der Waals surface area contributed by atoms with E-state index >= 15 is 0 Å². The number of hydrogen-bond donors (Lipinski definition) is 2. The van der Waals surface area contributed by atoms with Gasteiger partial charge in [0.2, 0.25) is 11.0 Å². The van der Waals surface area contributed by atoms with Gasteiger partial charge in [-0.1, -0.05) is 84.1 Å². The number of nitrogens with two attached hydrogens (primary N) is 1. The van der Waals surface area contributed by atoms with Crippen LogP contribution < -0.4 is 5.84 Å². The first-order chi connectivity index (χ1) is 14.7. The van der Waals surface area contributed by atoms with Crippen LogP contribution in [0.4, 0.5) is 0 Å². The van der Waals surface area contributed by atoms with Crippen molar-refractivity contribution in [2.75, 3.05) is 5.84 Å². The standard InChI is InChI=1S/C23H20N6S/c1-15-9-11-17(12-10-15)20-13-21(26-25-20)22-27-28-23(29(22)24)30-14-18-7-4-6-16-5-2-3-8-19(16)18/h2-13H,14,24H2,1H3,(H,25,26). The minimum absolute atomic E-state index is 0.557. The van der Waals surface area contributed by atoms with Crippen LogP contribution in [0, 0.1) is 6.92 Å². The normalized spacial score (nSPS) is 11.2. The predicted octanol–water partition coefficient (Wildman–Crippen LogP) is 4.80. The van der Waals surface area contributed by atoms with Crippen molar-refractivity contribution in [1.29, 1.82) is 0 Å². The largest absolute Gasteiger partial charge is 0.335 e. The quantitative estimate of drug-likeness (QED) is 0.320. The van der Waals surface area contributed by atoms with Crippen molar-refractivity contribution < 1.29 is 0 Å². The number of aromatic nitrogens is 5. The number of nitrogen functional groups attached to an aromatic ring is 1. The number of benzene rings is 3. The zero-order valence-electron chi connectivity index (χ0n) is 16.4. The van der Waals surface area contributed by atoms with E-state index < -0.39 is 0 Å². The summed E-state index contributed by atoms with van der Waals surface area (Å²) in [6.45, 7) is 2.06. The van der Waals surface area contributed by atoms with E-state index in [4.69, 9.17) is 5.84 Å². The second-order valence-electron chi connectivity index (χ2n) is 7.14. The molecule has 0 saturated carbocycles. The number of H-pyrrole nitrogens is 1. The summed E-state index contributed by atoms with van der Waals surface area (Å²) < 4.78 is 1.52. The monoisotopic (exact) mass is 412 g/mol. The Kier molecular flexibility index (Phi) is 4.72. The van der Waals surface area contributed by atoms with E-state index in [-0.39, 0.29) is 0 Å². The number of nitrogens with zero attached hydrogens (tertiary/aromatic N) is 4. The van der Waals surface area contributed by atoms with Gasteiger partial charge in [-0.25, -0.2) is 4.68 Å². The van der Waals surface area contributed by atoms with E-state index in [1.165, 1.54) is 26.6 Å². The Hall–Kier alpha value is -3.58. The Morgan fingerprint density at radius 2 is 1.77 bits per heavy atom. The summed E-state index contributed by atoms with van der Waals surface area (Å²) in [5.41, 5.74) is 5.07. The second kappa shape index (κ2) is 7.68. The Labute approximate surface area is 178 Å². The maximum Gasteiger partial charge on any atom is 0.210 e. The van der Waals surface area contributed by atoms with Crippen LogP contribution in [0.1, 0.15) is 11.1 Å². The van der Waals surface area contributed by atoms with Gasteiger partial charge in [-0.05, 0) is 29.3 Å². The molecule has 5 aromatic rings. The minimum atomic E-state index is 0.557. The van der Waals surface area contributed by atoms with Gasteiger partial charge in [0.05, 0.1) is 5.69 Å². The van der Waals surface area contributed by atoms with Crippen molar-refractivity contribution in [1.82, 2.24) is 25.1 Å². The molecule has 0 unspecified atom stereocenters. The molecule has 3 N–H and O–H groups in total. The Bertz CT molecular complexity index is 1310. The Morgan fingerprint density at radius 1 is 0.967 bits per heavy atom. The zero-order chi connectivity index (χ0) is 20.5. The smallest absolute Gasteiger partial charge is 0.210 e. The van der Waals surface area contributed by atoms with Crippen molar-refractivity contribution in [2.24, 2.45) is 0 Å². The number of aromatic amines is 1. The molecule has 0 saturated heterocycles. The van der Waals surface area contributed by atoms with E-state index in [9.17, 15) is 0 Å². The van der Waals surface area contributed by atoms with Gasteiger partial charge in [0.25, 0.3) is 0 Å². The molecule has 0 spiro atoms. The summed E-state index contributed by atoms with van der Waals surface area (Å²) in [4.78, 5) is 0. The van der Waals surface area contributed by atoms with E-state index in [1.807, 2.05) is 18.2 Å². The lowest BCUT2D eigenvalue weighted by Gasteiger charge is -2.06. The van der Waals surface area contributed by atoms with Gasteiger partial charge < -0.3 is 5.84 Å². The van der Waals surface area contributed by atoms with Gasteiger partial charge in [-0.15, -0.1) is 10.2 Å². The number of rotatable bonds is 5. The highest BCUT2D eigenvalue weighted by molar-refractivity contribution is 7.98. The van der Waals surface area contributed by atoms with E-state index in [1.54, 1.807) is 11.8 Å². The highest BCUT2D eigenvalue weighted by Gasteiger charge is 2.15. The molecule has 3 aromatic carbocycles. The zero-order valence-corrected chi connectivity index (χ0v) is 17.2. The van der Waals surface area contributed by atoms with Crippen LogP contribution in [-0.2, 0) is 5.75 Å². The third kappa shape index (κ3) is 3.44. The van der Waals surface area contributed by atoms with Crippen LogP contribution in [0.2, 0.25) is 0 Å². The molecule has 6 nitrogen and oxygen atoms in total. The Morgan fingerprint density at radius 3 is 2.63 bits per heavy atom. The molecule has 0 aliphatic rings. The molecule has 5 rings (SSSR count). The summed E-state index contributed by atoms with van der Waals surface area (Å²) in [6.07, 6.45) is 0. The molecule has 0 aliphatic heterocycles. The van der Waals surface area contributed by atoms with Crippen molar-refractivity contribution in [3.63, 3.8) is 0 Å². The lowest BCUT2D eigenvalue weighted by molar-refractivity contribution is 0.847. The SMILES string of the molecule is Cc1ccc(-c2cc(-c3nnc(SCc4cccc5ccccc45)n3N)[nH]n2)cc1. The summed E-state index contributed by atoms with van der Waals surface area (Å²) in [5, 5.41) is 19.1. The summed E-state index contributed by atoms with van der Waals surface area (Å²) in [6, 6.07) is 24.9. The van der Waals surface area contributed by atoms with Crippen LogP contribution in [0.3, 0.4) is 0 Å². The maximum atomic E-state index is 6.30. The molecule has 0 aliphatic carbocycles. The highest BCUT2D eigenvalue weighted by Crippen LogP contribution is 2.28. The molecular weight excluding hydrogens is 392 g/mol. The lowest BCUT2D eigenvalue weighted by Crippen LogP contribution is -2.11. The number of thioether (sulfide) groups is 1. The molecular formula is C23H20N6S. The molecule has 0 atom stereocenters. The first kappa shape index (κ1) is 18.4. The minimum Gasteiger partial charge on any atom is -0.335 e. The van der Waals surface area contributed by atoms with Crippen LogP contribution >= 0.6 is 11.8 Å². The van der Waals surface area contributed by atoms with Gasteiger partial charge in [0.1, 0.15) is 5.69 Å². The Balaban J connectivity index is 1.37. The van der Waals surface area contributed by atoms with E-state index in [0.29, 0.717) is 11.0 Å². The average molecular weight is 413 g/mol. The molecule has 0 bridgehead atoms. The van der Waals surface area contributed by atoms with Crippen LogP contribution in [-0.4, -0.2) is 25.1 Å². The third-order valence-corrected chi connectivity index (χ3v) is 6.06. The molecule has 0 amide bonds. The van der Waals surface area contributed by atoms with Crippen molar-refractivity contribution in [3.8, 4) is 22.8 Å². The first-order valence-electron chi connectivity index (χ1n) is 9.62. The lowest BCUT2D eigenvalue weighted by atomic mass is 10.1. The fraction of sp³-hybridized carbons (Fsp3) is 0.0870. The molecule has 0 fully saturated rings. The van der Waals surface area contributed by atoms with E-state index in [2.05, 4.69) is 81.9 Å². The van der Waals surface area contributed by atoms with Crippen LogP contribution in [0.15, 0.2) is 78.0 Å². The van der Waals surface area contributed by atoms with Crippen LogP contribution in [0.25, 0.3) is 33.5 Å². The molecule has 7 heteroatoms. The molecule has 148 valence electrons. The predicted molar refractivity (Wildman–Crippen MR) is 121 cm³/mol. The van der Waals surface area contributed by atoms with Gasteiger partial charge >= 0.3 is 0 Å². The highest BCUT2D eigenvalue weighted by atomic mass is 32.2. The average Bonchev–Trinajstić information content (AvgIpc) is 3.39. The maximum absolute atomic E-state index is 6.30. The molecule has 2 aromatic heterocycles. The number of fused-ring (bicyclic) bond motifs is 1. The van der Waals surface area contributed by atoms with E-state index in [0.717, 1.165) is 22.7 Å². The van der Waals surface area contributed by atoms with Gasteiger partial charge in [0, 0.05) is 11.3 Å². The van der Waals surface area contributed by atoms with Crippen LogP contribution in [0.5, 0.6) is 0 Å². The van der Waals surface area contributed by atoms with Crippen molar-refractivity contribution >= 4 is 22.5 Å². The summed E-state index contributed by atoms with van der Waals surface area (Å²) >= 11 is 1.57. The number of aryl methyl sites for hydroxylation is 1. The van der Waals surface area contributed by atoms with Gasteiger partial charge in [-0.2, -0.15) is 5.10 Å². The molecule has 0 radical (unpaired) electrons. The van der Waals surface area contributed by atoms with Gasteiger partial charge in [-0.3, -0.25) is 5.10 Å².